The lowest BCUT2D eigenvalue weighted by atomic mass is 10.2. The molecule has 6 nitrogen and oxygen atoms in total. The third kappa shape index (κ3) is 4.37. The van der Waals surface area contributed by atoms with Gasteiger partial charge in [0.25, 0.3) is 0 Å². The Bertz CT molecular complexity index is 716. The molecule has 2 heterocycles. The molecule has 1 saturated heterocycles. The molecule has 1 aromatic carbocycles. The highest BCUT2D eigenvalue weighted by Crippen LogP contribution is 2.29. The number of nitrogens with zero attached hydrogens (tertiary/aromatic N) is 2. The van der Waals surface area contributed by atoms with Crippen molar-refractivity contribution in [3.05, 3.63) is 39.3 Å². The number of aryl methyl sites for hydroxylation is 1. The molecule has 24 heavy (non-hydrogen) atoms. The molecule has 1 fully saturated rings. The maximum atomic E-state index is 12.2. The molecule has 0 saturated carbocycles. The van der Waals surface area contributed by atoms with E-state index in [-0.39, 0.29) is 6.03 Å². The summed E-state index contributed by atoms with van der Waals surface area (Å²) < 4.78 is 5.38. The SMILES string of the molecule is Cc1csc(CNC(=O)Nc2cc(Cl)ccc2N2CCOCC2)n1. The van der Waals surface area contributed by atoms with Crippen LogP contribution in [0.1, 0.15) is 10.7 Å². The molecule has 0 aliphatic carbocycles. The predicted molar refractivity (Wildman–Crippen MR) is 97.2 cm³/mol. The minimum atomic E-state index is -0.278. The molecule has 3 rings (SSSR count). The third-order valence-corrected chi connectivity index (χ3v) is 4.83. The van der Waals surface area contributed by atoms with E-state index in [0.717, 1.165) is 29.5 Å². The maximum absolute atomic E-state index is 12.2. The van der Waals surface area contributed by atoms with Gasteiger partial charge in [0.05, 0.1) is 31.1 Å². The van der Waals surface area contributed by atoms with E-state index < -0.39 is 0 Å². The highest BCUT2D eigenvalue weighted by molar-refractivity contribution is 7.09. The average molecular weight is 367 g/mol. The quantitative estimate of drug-likeness (QED) is 0.871. The zero-order valence-corrected chi connectivity index (χ0v) is 14.9. The number of nitrogens with one attached hydrogen (secondary N) is 2. The molecule has 0 unspecified atom stereocenters. The summed E-state index contributed by atoms with van der Waals surface area (Å²) in [6.07, 6.45) is 0. The number of amides is 2. The normalized spacial score (nSPS) is 14.5. The number of hydrogen-bond donors (Lipinski definition) is 2. The van der Waals surface area contributed by atoms with Crippen molar-refractivity contribution in [2.24, 2.45) is 0 Å². The van der Waals surface area contributed by atoms with Crippen LogP contribution >= 0.6 is 22.9 Å². The van der Waals surface area contributed by atoms with Crippen LogP contribution in [0.3, 0.4) is 0 Å². The van der Waals surface area contributed by atoms with Gasteiger partial charge in [0.15, 0.2) is 0 Å². The van der Waals surface area contributed by atoms with Crippen LogP contribution in [-0.2, 0) is 11.3 Å². The number of anilines is 2. The first-order valence-electron chi connectivity index (χ1n) is 7.70. The van der Waals surface area contributed by atoms with E-state index in [1.165, 1.54) is 11.3 Å². The molecule has 128 valence electrons. The number of urea groups is 1. The lowest BCUT2D eigenvalue weighted by Crippen LogP contribution is -2.37. The largest absolute Gasteiger partial charge is 0.378 e. The van der Waals surface area contributed by atoms with Crippen molar-refractivity contribution in [1.82, 2.24) is 10.3 Å². The molecule has 0 radical (unpaired) electrons. The van der Waals surface area contributed by atoms with Gasteiger partial charge in [-0.15, -0.1) is 11.3 Å². The van der Waals surface area contributed by atoms with Gasteiger partial charge in [-0.3, -0.25) is 0 Å². The predicted octanol–water partition coefficient (Wildman–Crippen LogP) is 3.26. The van der Waals surface area contributed by atoms with Crippen molar-refractivity contribution < 1.29 is 9.53 Å². The third-order valence-electron chi connectivity index (χ3n) is 3.63. The van der Waals surface area contributed by atoms with Gasteiger partial charge in [-0.2, -0.15) is 0 Å². The maximum Gasteiger partial charge on any atom is 0.319 e. The fraction of sp³-hybridized carbons (Fsp3) is 0.375. The van der Waals surface area contributed by atoms with Gasteiger partial charge in [0.1, 0.15) is 5.01 Å². The molecule has 1 aromatic heterocycles. The van der Waals surface area contributed by atoms with Gasteiger partial charge in [0, 0.05) is 29.2 Å². The van der Waals surface area contributed by atoms with Crippen LogP contribution in [0.2, 0.25) is 5.02 Å². The number of carbonyl (C=O) groups is 1. The zero-order chi connectivity index (χ0) is 16.9. The first-order chi connectivity index (χ1) is 11.6. The van der Waals surface area contributed by atoms with Crippen LogP contribution in [0.5, 0.6) is 0 Å². The molecule has 8 heteroatoms. The van der Waals surface area contributed by atoms with Crippen LogP contribution in [0.4, 0.5) is 16.2 Å². The number of hydrogen-bond acceptors (Lipinski definition) is 5. The first-order valence-corrected chi connectivity index (χ1v) is 8.95. The summed E-state index contributed by atoms with van der Waals surface area (Å²) in [6, 6.07) is 5.24. The molecule has 1 aliphatic heterocycles. The van der Waals surface area contributed by atoms with E-state index in [1.54, 1.807) is 6.07 Å². The van der Waals surface area contributed by atoms with Crippen molar-refractivity contribution in [1.29, 1.82) is 0 Å². The zero-order valence-electron chi connectivity index (χ0n) is 13.3. The van der Waals surface area contributed by atoms with Crippen LogP contribution in [-0.4, -0.2) is 37.3 Å². The van der Waals surface area contributed by atoms with Crippen LogP contribution in [0.25, 0.3) is 0 Å². The highest BCUT2D eigenvalue weighted by atomic mass is 35.5. The standard InChI is InChI=1S/C16H19ClN4O2S/c1-11-10-24-15(19-11)9-18-16(22)20-13-8-12(17)2-3-14(13)21-4-6-23-7-5-21/h2-3,8,10H,4-7,9H2,1H3,(H2,18,20,22). The Morgan fingerprint density at radius 1 is 1.42 bits per heavy atom. The Hall–Kier alpha value is -1.83. The molecule has 1 aliphatic rings. The van der Waals surface area contributed by atoms with Gasteiger partial charge in [-0.1, -0.05) is 11.6 Å². The molecule has 2 N–H and O–H groups in total. The van der Waals surface area contributed by atoms with Crippen molar-refractivity contribution in [3.63, 3.8) is 0 Å². The van der Waals surface area contributed by atoms with E-state index >= 15 is 0 Å². The number of carbonyl (C=O) groups excluding carboxylic acids is 1. The smallest absolute Gasteiger partial charge is 0.319 e. The summed E-state index contributed by atoms with van der Waals surface area (Å²) in [5.74, 6) is 0. The van der Waals surface area contributed by atoms with Crippen LogP contribution < -0.4 is 15.5 Å². The second-order valence-corrected chi connectivity index (χ2v) is 6.83. The van der Waals surface area contributed by atoms with Gasteiger partial charge < -0.3 is 20.3 Å². The second kappa shape index (κ2) is 7.83. The fourth-order valence-electron chi connectivity index (χ4n) is 2.49. The first kappa shape index (κ1) is 17.0. The number of aromatic nitrogens is 1. The van der Waals surface area contributed by atoms with E-state index in [1.807, 2.05) is 24.4 Å². The van der Waals surface area contributed by atoms with Crippen molar-refractivity contribution in [2.45, 2.75) is 13.5 Å². The minimum absolute atomic E-state index is 0.278. The molecular formula is C16H19ClN4O2S. The summed E-state index contributed by atoms with van der Waals surface area (Å²) in [4.78, 5) is 18.7. The number of thiazole rings is 1. The van der Waals surface area contributed by atoms with Gasteiger partial charge in [-0.05, 0) is 25.1 Å². The molecule has 2 amide bonds. The molecule has 0 atom stereocenters. The van der Waals surface area contributed by atoms with Crippen molar-refractivity contribution in [3.8, 4) is 0 Å². The summed E-state index contributed by atoms with van der Waals surface area (Å²) in [7, 11) is 0. The Morgan fingerprint density at radius 3 is 2.92 bits per heavy atom. The Balaban J connectivity index is 1.66. The number of benzene rings is 1. The van der Waals surface area contributed by atoms with Crippen LogP contribution in [0.15, 0.2) is 23.6 Å². The Morgan fingerprint density at radius 2 is 2.21 bits per heavy atom. The van der Waals surface area contributed by atoms with Gasteiger partial charge in [0.2, 0.25) is 0 Å². The fourth-order valence-corrected chi connectivity index (χ4v) is 3.38. The summed E-state index contributed by atoms with van der Waals surface area (Å²) in [5.41, 5.74) is 2.60. The number of halogens is 1. The minimum Gasteiger partial charge on any atom is -0.378 e. The van der Waals surface area contributed by atoms with Gasteiger partial charge in [-0.25, -0.2) is 9.78 Å². The number of morpholine rings is 1. The van der Waals surface area contributed by atoms with Crippen molar-refractivity contribution >= 4 is 40.3 Å². The monoisotopic (exact) mass is 366 g/mol. The Kier molecular flexibility index (Phi) is 5.55. The lowest BCUT2D eigenvalue weighted by molar-refractivity contribution is 0.123. The highest BCUT2D eigenvalue weighted by Gasteiger charge is 2.16. The molecular weight excluding hydrogens is 348 g/mol. The second-order valence-electron chi connectivity index (χ2n) is 5.45. The number of ether oxygens (including phenoxy) is 1. The van der Waals surface area contributed by atoms with Crippen LogP contribution in [0, 0.1) is 6.92 Å². The summed E-state index contributed by atoms with van der Waals surface area (Å²) in [5, 5.41) is 9.13. The van der Waals surface area contributed by atoms with Crippen molar-refractivity contribution in [2.75, 3.05) is 36.5 Å². The molecule has 2 aromatic rings. The molecule has 0 spiro atoms. The number of rotatable bonds is 4. The van der Waals surface area contributed by atoms with E-state index in [0.29, 0.717) is 30.5 Å². The van der Waals surface area contributed by atoms with Gasteiger partial charge >= 0.3 is 6.03 Å². The summed E-state index contributed by atoms with van der Waals surface area (Å²) >= 11 is 7.62. The summed E-state index contributed by atoms with van der Waals surface area (Å²) in [6.45, 7) is 5.26. The molecule has 0 bridgehead atoms. The van der Waals surface area contributed by atoms with E-state index in [2.05, 4.69) is 20.5 Å². The average Bonchev–Trinajstić information content (AvgIpc) is 2.99. The topological polar surface area (TPSA) is 66.5 Å². The van der Waals surface area contributed by atoms with E-state index in [4.69, 9.17) is 16.3 Å². The Labute approximate surface area is 149 Å². The van der Waals surface area contributed by atoms with E-state index in [9.17, 15) is 4.79 Å². The lowest BCUT2D eigenvalue weighted by Gasteiger charge is -2.30.